The predicted octanol–water partition coefficient (Wildman–Crippen LogP) is 8.11. The Labute approximate surface area is 197 Å². The number of aromatic nitrogens is 1. The fourth-order valence-corrected chi connectivity index (χ4v) is 5.73. The highest BCUT2D eigenvalue weighted by molar-refractivity contribution is 7.26. The number of pyridine rings is 1. The van der Waals surface area contributed by atoms with Gasteiger partial charge in [-0.1, -0.05) is 75.4 Å². The Kier molecular flexibility index (Phi) is 4.57. The van der Waals surface area contributed by atoms with E-state index in [1.807, 2.05) is 56.4 Å². The summed E-state index contributed by atoms with van der Waals surface area (Å²) in [5.74, 6) is 0. The molecule has 0 atom stereocenters. The highest BCUT2D eigenvalue weighted by atomic mass is 32.1. The average molecular weight is 439 g/mol. The van der Waals surface area contributed by atoms with Crippen molar-refractivity contribution in [1.82, 2.24) is 0 Å². The van der Waals surface area contributed by atoms with Crippen LogP contribution in [0.3, 0.4) is 0 Å². The van der Waals surface area contributed by atoms with Crippen molar-refractivity contribution in [2.24, 2.45) is 12.5 Å². The van der Waals surface area contributed by atoms with Crippen LogP contribution in [0.5, 0.6) is 0 Å². The summed E-state index contributed by atoms with van der Waals surface area (Å²) in [5, 5.41) is 2.63. The van der Waals surface area contributed by atoms with E-state index in [1.54, 1.807) is 0 Å². The first-order valence-corrected chi connectivity index (χ1v) is 11.9. The van der Waals surface area contributed by atoms with Crippen molar-refractivity contribution in [3.05, 3.63) is 90.1 Å². The number of benzene rings is 3. The van der Waals surface area contributed by atoms with Crippen LogP contribution in [0.2, 0.25) is 0 Å². The minimum absolute atomic E-state index is 0.464. The number of aryl methyl sites for hydroxylation is 2. The van der Waals surface area contributed by atoms with Crippen LogP contribution in [-0.4, -0.2) is 0 Å². The van der Waals surface area contributed by atoms with Crippen LogP contribution >= 0.6 is 11.3 Å². The van der Waals surface area contributed by atoms with Crippen molar-refractivity contribution in [3.8, 4) is 22.4 Å². The van der Waals surface area contributed by atoms with Gasteiger partial charge in [0.1, 0.15) is 7.05 Å². The van der Waals surface area contributed by atoms with Gasteiger partial charge >= 0.3 is 0 Å². The minimum Gasteiger partial charge on any atom is -0.200 e. The smallest absolute Gasteiger partial charge is 0.200 e. The van der Waals surface area contributed by atoms with Gasteiger partial charge in [0.2, 0.25) is 5.69 Å². The maximum absolute atomic E-state index is 8.54. The molecule has 0 unspecified atom stereocenters. The molecule has 32 heavy (non-hydrogen) atoms. The summed E-state index contributed by atoms with van der Waals surface area (Å²) >= 11 is 1.86. The van der Waals surface area contributed by atoms with Gasteiger partial charge in [-0.15, -0.1) is 11.3 Å². The molecule has 0 saturated heterocycles. The largest absolute Gasteiger partial charge is 0.214 e. The highest BCUT2D eigenvalue weighted by Gasteiger charge is 2.19. The molecule has 3 aromatic carbocycles. The molecule has 1 nitrogen and oxygen atoms in total. The molecule has 0 fully saturated rings. The molecule has 0 radical (unpaired) electrons. The molecule has 0 N–H and O–H groups in total. The number of hydrogen-bond acceptors (Lipinski definition) is 1. The molecule has 2 heteroatoms. The van der Waals surface area contributed by atoms with Crippen molar-refractivity contribution < 1.29 is 7.31 Å². The molecule has 0 bridgehead atoms. The van der Waals surface area contributed by atoms with Gasteiger partial charge in [0.25, 0.3) is 0 Å². The Bertz CT molecular complexity index is 1520. The Balaban J connectivity index is 1.57. The lowest BCUT2D eigenvalue weighted by Gasteiger charge is -2.18. The van der Waals surface area contributed by atoms with E-state index in [0.717, 1.165) is 16.7 Å². The van der Waals surface area contributed by atoms with Crippen molar-refractivity contribution in [2.45, 2.75) is 34.1 Å². The molecule has 0 saturated carbocycles. The van der Waals surface area contributed by atoms with Crippen LogP contribution in [0.1, 0.15) is 34.6 Å². The van der Waals surface area contributed by atoms with E-state index < -0.39 is 11.8 Å². The summed E-state index contributed by atoms with van der Waals surface area (Å²) in [5.41, 5.74) is 6.23. The van der Waals surface area contributed by atoms with E-state index in [9.17, 15) is 0 Å². The van der Waals surface area contributed by atoms with Gasteiger partial charge in [-0.3, -0.25) is 0 Å². The van der Waals surface area contributed by atoms with E-state index in [1.165, 1.54) is 37.0 Å². The first kappa shape index (κ1) is 18.6. The zero-order chi connectivity index (χ0) is 24.3. The van der Waals surface area contributed by atoms with E-state index in [2.05, 4.69) is 73.3 Å². The summed E-state index contributed by atoms with van der Waals surface area (Å²) in [6.07, 6.45) is 0.787. The Morgan fingerprint density at radius 1 is 0.844 bits per heavy atom. The number of rotatable bonds is 3. The molecular formula is C30H30NS+. The molecule has 5 rings (SSSR count). The molecule has 160 valence electrons. The lowest BCUT2D eigenvalue weighted by Crippen LogP contribution is -2.30. The van der Waals surface area contributed by atoms with Gasteiger partial charge in [-0.2, -0.15) is 0 Å². The topological polar surface area (TPSA) is 3.88 Å². The van der Waals surface area contributed by atoms with Crippen molar-refractivity contribution in [2.75, 3.05) is 0 Å². The highest BCUT2D eigenvalue weighted by Crippen LogP contribution is 2.40. The molecule has 0 aliphatic heterocycles. The second-order valence-corrected chi connectivity index (χ2v) is 10.7. The van der Waals surface area contributed by atoms with Gasteiger partial charge in [-0.25, -0.2) is 4.57 Å². The van der Waals surface area contributed by atoms with Crippen LogP contribution in [0, 0.1) is 12.3 Å². The lowest BCUT2D eigenvalue weighted by atomic mass is 9.88. The van der Waals surface area contributed by atoms with Crippen molar-refractivity contribution in [1.29, 1.82) is 0 Å². The van der Waals surface area contributed by atoms with Crippen LogP contribution in [0.25, 0.3) is 42.6 Å². The molecule has 0 spiro atoms. The number of thiophene rings is 1. The fraction of sp³-hybridized carbons (Fsp3) is 0.233. The van der Waals surface area contributed by atoms with Crippen molar-refractivity contribution in [3.63, 3.8) is 0 Å². The summed E-state index contributed by atoms with van der Waals surface area (Å²) in [7, 11) is 2.11. The second-order valence-electron chi connectivity index (χ2n) is 9.60. The van der Waals surface area contributed by atoms with Gasteiger partial charge in [-0.05, 0) is 47.5 Å². The van der Waals surface area contributed by atoms with Gasteiger partial charge in [0, 0.05) is 34.5 Å². The Morgan fingerprint density at radius 2 is 1.56 bits per heavy atom. The number of nitrogens with zero attached hydrogens (tertiary/aromatic N) is 1. The number of hydrogen-bond donors (Lipinski definition) is 0. The first-order chi connectivity index (χ1) is 16.1. The molecule has 5 aromatic rings. The van der Waals surface area contributed by atoms with Gasteiger partial charge in [0.05, 0.1) is 5.56 Å². The van der Waals surface area contributed by atoms with Crippen LogP contribution in [0.4, 0.5) is 0 Å². The summed E-state index contributed by atoms with van der Waals surface area (Å²) in [4.78, 5) is 0. The van der Waals surface area contributed by atoms with Crippen LogP contribution in [-0.2, 0) is 13.4 Å². The van der Waals surface area contributed by atoms with Gasteiger partial charge < -0.3 is 0 Å². The molecule has 2 heterocycles. The van der Waals surface area contributed by atoms with Crippen molar-refractivity contribution >= 4 is 31.5 Å². The molecule has 0 amide bonds. The summed E-state index contributed by atoms with van der Waals surface area (Å²) < 4.78 is 21.9. The third kappa shape index (κ3) is 3.84. The average Bonchev–Trinajstić information content (AvgIpc) is 3.17. The zero-order valence-corrected chi connectivity index (χ0v) is 20.2. The zero-order valence-electron chi connectivity index (χ0n) is 21.4. The Hall–Kier alpha value is -2.97. The van der Waals surface area contributed by atoms with Crippen LogP contribution < -0.4 is 4.57 Å². The Morgan fingerprint density at radius 3 is 2.28 bits per heavy atom. The third-order valence-electron chi connectivity index (χ3n) is 5.88. The molecule has 0 aliphatic carbocycles. The maximum Gasteiger partial charge on any atom is 0.214 e. The molecule has 0 aliphatic rings. The monoisotopic (exact) mass is 438 g/mol. The SMILES string of the molecule is [2H]C([2H])(c1ccc(-c2ccc(-c3c(C)ccc4c3sc3ccccc34)[n+](C)c2)cc1)C(C)(C)C. The quantitative estimate of drug-likeness (QED) is 0.250. The molecular weight excluding hydrogens is 406 g/mol. The van der Waals surface area contributed by atoms with Gasteiger partial charge in [0.15, 0.2) is 6.20 Å². The van der Waals surface area contributed by atoms with E-state index in [4.69, 9.17) is 2.74 Å². The van der Waals surface area contributed by atoms with Crippen LogP contribution in [0.15, 0.2) is 79.0 Å². The normalized spacial score (nSPS) is 13.4. The fourth-order valence-electron chi connectivity index (χ4n) is 4.42. The first-order valence-electron chi connectivity index (χ1n) is 12.1. The number of fused-ring (bicyclic) bond motifs is 3. The third-order valence-corrected chi connectivity index (χ3v) is 7.09. The minimum atomic E-state index is -1.39. The maximum atomic E-state index is 8.54. The lowest BCUT2D eigenvalue weighted by molar-refractivity contribution is -0.659. The van der Waals surface area contributed by atoms with E-state index >= 15 is 0 Å². The van der Waals surface area contributed by atoms with E-state index in [-0.39, 0.29) is 0 Å². The van der Waals surface area contributed by atoms with E-state index in [0.29, 0.717) is 0 Å². The molecule has 2 aromatic heterocycles. The summed E-state index contributed by atoms with van der Waals surface area (Å²) in [6.45, 7) is 8.02. The second kappa shape index (κ2) is 7.86. The predicted molar refractivity (Wildman–Crippen MR) is 139 cm³/mol. The standard InChI is InChI=1S/C30H30NS/c1-20-10-16-25-24-8-6-7-9-27(24)32-29(25)28(20)26-17-15-23(19-31(26)5)22-13-11-21(12-14-22)18-30(2,3)4/h6-17,19H,18H2,1-5H3/q+1/i18D2. The summed E-state index contributed by atoms with van der Waals surface area (Å²) in [6, 6.07) is 25.4.